The van der Waals surface area contributed by atoms with E-state index >= 15 is 0 Å². The number of ether oxygens (including phenoxy) is 3. The predicted molar refractivity (Wildman–Crippen MR) is 160 cm³/mol. The van der Waals surface area contributed by atoms with Crippen LogP contribution >= 0.6 is 0 Å². The number of benzene rings is 1. The van der Waals surface area contributed by atoms with E-state index in [4.69, 9.17) is 19.2 Å². The van der Waals surface area contributed by atoms with Gasteiger partial charge in [-0.15, -0.1) is 0 Å². The number of rotatable bonds is 3. The number of nitrogens with one attached hydrogen (secondary N) is 1. The Kier molecular flexibility index (Phi) is 8.67. The zero-order chi connectivity index (χ0) is 30.2. The van der Waals surface area contributed by atoms with E-state index in [1.165, 1.54) is 6.92 Å². The molecule has 1 aromatic heterocycles. The molecule has 1 saturated heterocycles. The van der Waals surface area contributed by atoms with Gasteiger partial charge in [-0.05, 0) is 68.6 Å². The first-order valence-corrected chi connectivity index (χ1v) is 15.4. The van der Waals surface area contributed by atoms with Crippen molar-refractivity contribution in [3.8, 4) is 11.6 Å². The highest BCUT2D eigenvalue weighted by Crippen LogP contribution is 2.39. The number of aryl methyl sites for hydroxylation is 1. The standard InChI is InChI=1S/C33H45N3O6/c1-7-24-27-18-36(28(24)19(2)37)31(38)29(33(3,4)5)35-32(39)42-26-16-21(26)11-9-8-10-12-22-15-20-13-14-23(40-6)17-25(20)34-30(22)41-27/h13-15,17,21,24,26-29H,7-12,16,18H2,1-6H3,(H,35,39)/t21-,24-,26-,27+,28-,29-/m1/s1. The minimum atomic E-state index is -0.860. The summed E-state index contributed by atoms with van der Waals surface area (Å²) in [7, 11) is 1.63. The molecule has 0 spiro atoms. The molecule has 0 unspecified atom stereocenters. The van der Waals surface area contributed by atoms with E-state index in [2.05, 4.69) is 11.4 Å². The fraction of sp³-hybridized carbons (Fsp3) is 0.636. The Morgan fingerprint density at radius 3 is 2.60 bits per heavy atom. The zero-order valence-corrected chi connectivity index (χ0v) is 25.8. The van der Waals surface area contributed by atoms with Gasteiger partial charge in [0.05, 0.1) is 25.2 Å². The molecule has 1 aromatic carbocycles. The van der Waals surface area contributed by atoms with Gasteiger partial charge in [-0.3, -0.25) is 9.59 Å². The smallest absolute Gasteiger partial charge is 0.408 e. The summed E-state index contributed by atoms with van der Waals surface area (Å²) in [6.45, 7) is 9.50. The molecule has 1 N–H and O–H groups in total. The van der Waals surface area contributed by atoms with Crippen molar-refractivity contribution in [2.24, 2.45) is 17.3 Å². The highest BCUT2D eigenvalue weighted by molar-refractivity contribution is 5.92. The summed E-state index contributed by atoms with van der Waals surface area (Å²) < 4.78 is 17.9. The van der Waals surface area contributed by atoms with Gasteiger partial charge in [0.25, 0.3) is 0 Å². The van der Waals surface area contributed by atoms with Crippen LogP contribution in [0.1, 0.15) is 78.7 Å². The van der Waals surface area contributed by atoms with Crippen LogP contribution in [0.5, 0.6) is 11.6 Å². The number of carbonyl (C=O) groups excluding carboxylic acids is 3. The van der Waals surface area contributed by atoms with Gasteiger partial charge in [0.15, 0.2) is 5.78 Å². The van der Waals surface area contributed by atoms with Crippen LogP contribution in [0.25, 0.3) is 10.9 Å². The molecule has 2 amide bonds. The molecule has 9 heteroatoms. The number of hydrogen-bond donors (Lipinski definition) is 1. The molecular formula is C33H45N3O6. The molecule has 228 valence electrons. The molecule has 2 fully saturated rings. The molecule has 3 heterocycles. The Bertz CT molecular complexity index is 1340. The fourth-order valence-corrected chi connectivity index (χ4v) is 6.63. The van der Waals surface area contributed by atoms with Crippen LogP contribution in [-0.4, -0.2) is 65.6 Å². The number of fused-ring (bicyclic) bond motifs is 5. The molecule has 9 nitrogen and oxygen atoms in total. The molecule has 1 saturated carbocycles. The number of alkyl carbamates (subject to hydrolysis) is 1. The Hall–Kier alpha value is -3.36. The lowest BCUT2D eigenvalue weighted by atomic mass is 9.85. The van der Waals surface area contributed by atoms with Gasteiger partial charge in [-0.2, -0.15) is 0 Å². The van der Waals surface area contributed by atoms with E-state index in [9.17, 15) is 14.4 Å². The molecule has 2 aliphatic heterocycles. The number of amides is 2. The van der Waals surface area contributed by atoms with Gasteiger partial charge in [0.1, 0.15) is 24.0 Å². The Labute approximate surface area is 248 Å². The van der Waals surface area contributed by atoms with E-state index in [0.717, 1.165) is 55.0 Å². The van der Waals surface area contributed by atoms with Crippen molar-refractivity contribution >= 4 is 28.7 Å². The first-order valence-electron chi connectivity index (χ1n) is 15.4. The van der Waals surface area contributed by atoms with Crippen molar-refractivity contribution in [1.82, 2.24) is 15.2 Å². The van der Waals surface area contributed by atoms with Crippen molar-refractivity contribution < 1.29 is 28.6 Å². The van der Waals surface area contributed by atoms with Gasteiger partial charge < -0.3 is 24.4 Å². The van der Waals surface area contributed by atoms with Crippen molar-refractivity contribution in [3.05, 3.63) is 29.8 Å². The van der Waals surface area contributed by atoms with E-state index in [0.29, 0.717) is 24.0 Å². The highest BCUT2D eigenvalue weighted by Gasteiger charge is 2.50. The summed E-state index contributed by atoms with van der Waals surface area (Å²) in [4.78, 5) is 46.7. The Morgan fingerprint density at radius 1 is 1.12 bits per heavy atom. The number of carbonyl (C=O) groups is 3. The number of aromatic nitrogens is 1. The molecule has 42 heavy (non-hydrogen) atoms. The Morgan fingerprint density at radius 2 is 1.90 bits per heavy atom. The van der Waals surface area contributed by atoms with Crippen LogP contribution in [-0.2, 0) is 20.7 Å². The summed E-state index contributed by atoms with van der Waals surface area (Å²) in [6, 6.07) is 6.47. The van der Waals surface area contributed by atoms with E-state index < -0.39 is 29.7 Å². The van der Waals surface area contributed by atoms with Crippen molar-refractivity contribution in [2.45, 2.75) is 104 Å². The van der Waals surface area contributed by atoms with E-state index in [1.807, 2.05) is 45.9 Å². The molecule has 2 bridgehead atoms. The largest absolute Gasteiger partial charge is 0.497 e. The quantitative estimate of drug-likeness (QED) is 0.514. The second-order valence-electron chi connectivity index (χ2n) is 13.3. The molecule has 2 aromatic rings. The van der Waals surface area contributed by atoms with Gasteiger partial charge in [-0.25, -0.2) is 9.78 Å². The number of nitrogens with zero attached hydrogens (tertiary/aromatic N) is 2. The predicted octanol–water partition coefficient (Wildman–Crippen LogP) is 5.46. The molecular weight excluding hydrogens is 534 g/mol. The molecule has 0 radical (unpaired) electrons. The summed E-state index contributed by atoms with van der Waals surface area (Å²) in [5.74, 6) is 1.01. The Balaban J connectivity index is 1.53. The average Bonchev–Trinajstić information content (AvgIpc) is 3.56. The molecule has 6 atom stereocenters. The summed E-state index contributed by atoms with van der Waals surface area (Å²) in [6.07, 6.45) is 5.30. The minimum Gasteiger partial charge on any atom is -0.497 e. The van der Waals surface area contributed by atoms with Gasteiger partial charge in [-0.1, -0.05) is 40.5 Å². The number of ketones is 1. The van der Waals surface area contributed by atoms with Gasteiger partial charge in [0, 0.05) is 22.9 Å². The van der Waals surface area contributed by atoms with Crippen LogP contribution < -0.4 is 14.8 Å². The van der Waals surface area contributed by atoms with E-state index in [1.54, 1.807) is 12.0 Å². The average molecular weight is 580 g/mol. The first kappa shape index (κ1) is 30.1. The zero-order valence-electron chi connectivity index (χ0n) is 25.8. The third kappa shape index (κ3) is 6.35. The monoisotopic (exact) mass is 579 g/mol. The molecule has 3 aliphatic rings. The number of pyridine rings is 1. The topological polar surface area (TPSA) is 107 Å². The highest BCUT2D eigenvalue weighted by atomic mass is 16.6. The van der Waals surface area contributed by atoms with Crippen LogP contribution in [0.3, 0.4) is 0 Å². The maximum atomic E-state index is 14.2. The minimum absolute atomic E-state index is 0.0975. The maximum Gasteiger partial charge on any atom is 0.408 e. The lowest BCUT2D eigenvalue weighted by Gasteiger charge is -2.35. The van der Waals surface area contributed by atoms with Crippen molar-refractivity contribution in [1.29, 1.82) is 0 Å². The number of Topliss-reactive ketones (excluding diaryl/α,β-unsaturated/α-hetero) is 1. The van der Waals surface area contributed by atoms with Crippen LogP contribution in [0, 0.1) is 17.3 Å². The summed E-state index contributed by atoms with van der Waals surface area (Å²) >= 11 is 0. The van der Waals surface area contributed by atoms with Gasteiger partial charge in [0.2, 0.25) is 11.8 Å². The number of methoxy groups -OCH3 is 1. The molecule has 1 aliphatic carbocycles. The van der Waals surface area contributed by atoms with Gasteiger partial charge >= 0.3 is 6.09 Å². The van der Waals surface area contributed by atoms with E-state index in [-0.39, 0.29) is 30.3 Å². The maximum absolute atomic E-state index is 14.2. The SMILES string of the molecule is CC[C@@H]1[C@@H]2CN(C(=O)[C@H](C(C)(C)C)NC(=O)O[C@@H]3C[C@H]3CCCCCc3cc4ccc(OC)cc4nc3O2)[C@@H]1C(C)=O. The van der Waals surface area contributed by atoms with Crippen molar-refractivity contribution in [3.63, 3.8) is 0 Å². The normalized spacial score (nSPS) is 28.9. The third-order valence-corrected chi connectivity index (χ3v) is 9.11. The first-order chi connectivity index (χ1) is 20.0. The second-order valence-corrected chi connectivity index (χ2v) is 13.3. The van der Waals surface area contributed by atoms with Crippen molar-refractivity contribution in [2.75, 3.05) is 13.7 Å². The van der Waals surface area contributed by atoms with Crippen LogP contribution in [0.2, 0.25) is 0 Å². The summed E-state index contributed by atoms with van der Waals surface area (Å²) in [5, 5.41) is 3.87. The van der Waals surface area contributed by atoms with Crippen LogP contribution in [0.15, 0.2) is 24.3 Å². The second kappa shape index (κ2) is 12.1. The summed E-state index contributed by atoms with van der Waals surface area (Å²) in [5.41, 5.74) is 1.20. The lowest BCUT2D eigenvalue weighted by Crippen LogP contribution is -2.57. The molecule has 5 rings (SSSR count). The van der Waals surface area contributed by atoms with Crippen LogP contribution in [0.4, 0.5) is 4.79 Å². The third-order valence-electron chi connectivity index (χ3n) is 9.11. The number of hydrogen-bond acceptors (Lipinski definition) is 7. The lowest BCUT2D eigenvalue weighted by molar-refractivity contribution is -0.141. The fourth-order valence-electron chi connectivity index (χ4n) is 6.63.